The molecule has 4 heterocycles. The maximum Gasteiger partial charge on any atom is 0.317 e. The van der Waals surface area contributed by atoms with Gasteiger partial charge in [0.2, 0.25) is 6.29 Å². The smallest absolute Gasteiger partial charge is 0.317 e. The summed E-state index contributed by atoms with van der Waals surface area (Å²) in [6.07, 6.45) is -27.9. The minimum absolute atomic E-state index is 0.0280. The van der Waals surface area contributed by atoms with Gasteiger partial charge < -0.3 is 104 Å². The molecule has 0 radical (unpaired) electrons. The second-order valence-electron chi connectivity index (χ2n) is 27.1. The first-order valence-corrected chi connectivity index (χ1v) is 28.9. The lowest BCUT2D eigenvalue weighted by Gasteiger charge is -2.72. The van der Waals surface area contributed by atoms with Gasteiger partial charge in [0.15, 0.2) is 37.2 Å². The summed E-state index contributed by atoms with van der Waals surface area (Å²) >= 11 is 0. The third-order valence-electron chi connectivity index (χ3n) is 21.6. The predicted octanol–water partition coefficient (Wildman–Crippen LogP) is -0.258. The van der Waals surface area contributed by atoms with Crippen LogP contribution in [-0.2, 0) is 61.8 Å². The number of esters is 3. The molecule has 0 aromatic rings. The van der Waals surface area contributed by atoms with Gasteiger partial charge in [-0.3, -0.25) is 14.4 Å². The number of hydrogen-bond donors (Lipinski definition) is 11. The zero-order valence-corrected chi connectivity index (χ0v) is 48.3. The van der Waals surface area contributed by atoms with Crippen LogP contribution in [-0.4, -0.2) is 222 Å². The van der Waals surface area contributed by atoms with E-state index < -0.39 is 193 Å². The highest BCUT2D eigenvalue weighted by Crippen LogP contribution is 2.76. The number of hydrogen-bond acceptors (Lipinski definition) is 24. The molecule has 11 N–H and O–H groups in total. The Morgan fingerprint density at radius 2 is 1.17 bits per heavy atom. The van der Waals surface area contributed by atoms with Crippen molar-refractivity contribution in [3.63, 3.8) is 0 Å². The van der Waals surface area contributed by atoms with Gasteiger partial charge in [0, 0.05) is 19.3 Å². The van der Waals surface area contributed by atoms with Crippen molar-refractivity contribution in [1.29, 1.82) is 0 Å². The van der Waals surface area contributed by atoms with Gasteiger partial charge in [0.25, 0.3) is 0 Å². The highest BCUT2D eigenvalue weighted by Gasteiger charge is 2.73. The Kier molecular flexibility index (Phi) is 17.6. The van der Waals surface area contributed by atoms with Crippen LogP contribution in [0.3, 0.4) is 0 Å². The summed E-state index contributed by atoms with van der Waals surface area (Å²) in [7, 11) is 0. The van der Waals surface area contributed by atoms with Gasteiger partial charge in [-0.15, -0.1) is 0 Å². The topological polar surface area (TPSA) is 366 Å². The van der Waals surface area contributed by atoms with Crippen LogP contribution in [0.4, 0.5) is 0 Å². The lowest BCUT2D eigenvalue weighted by Crippen LogP contribution is -2.70. The first-order valence-electron chi connectivity index (χ1n) is 28.9. The molecular formula is C57H90O24. The van der Waals surface area contributed by atoms with Crippen molar-refractivity contribution >= 4 is 17.9 Å². The maximum atomic E-state index is 15.6. The molecule has 9 aliphatic rings. The summed E-state index contributed by atoms with van der Waals surface area (Å²) < 4.78 is 59.5. The number of ether oxygens (including phenoxy) is 10. The zero-order chi connectivity index (χ0) is 59.6. The Morgan fingerprint density at radius 1 is 0.580 bits per heavy atom. The van der Waals surface area contributed by atoms with Crippen molar-refractivity contribution in [2.45, 2.75) is 263 Å². The first-order chi connectivity index (χ1) is 37.7. The van der Waals surface area contributed by atoms with Gasteiger partial charge in [0.05, 0.1) is 49.8 Å². The monoisotopic (exact) mass is 1160 g/mol. The van der Waals surface area contributed by atoms with Crippen LogP contribution in [0.25, 0.3) is 0 Å². The van der Waals surface area contributed by atoms with Crippen LogP contribution in [0, 0.1) is 50.2 Å². The molecule has 4 saturated heterocycles. The molecule has 4 saturated carbocycles. The molecule has 8 fully saturated rings. The second kappa shape index (κ2) is 22.6. The van der Waals surface area contributed by atoms with E-state index in [4.69, 9.17) is 47.4 Å². The lowest BCUT2D eigenvalue weighted by atomic mass is 9.33. The van der Waals surface area contributed by atoms with Crippen LogP contribution >= 0.6 is 0 Å². The van der Waals surface area contributed by atoms with Gasteiger partial charge in [0.1, 0.15) is 60.4 Å². The zero-order valence-electron chi connectivity index (χ0n) is 48.3. The summed E-state index contributed by atoms with van der Waals surface area (Å²) in [5, 5.41) is 124. The fourth-order valence-corrected chi connectivity index (χ4v) is 16.9. The van der Waals surface area contributed by atoms with Crippen molar-refractivity contribution in [2.24, 2.45) is 50.2 Å². The molecule has 81 heavy (non-hydrogen) atoms. The third-order valence-corrected chi connectivity index (χ3v) is 21.6. The molecule has 5 aliphatic carbocycles. The van der Waals surface area contributed by atoms with E-state index in [9.17, 15) is 65.8 Å². The number of rotatable bonds is 11. The molecule has 24 heteroatoms. The average Bonchev–Trinajstić information content (AvgIpc) is 0.879. The van der Waals surface area contributed by atoms with E-state index in [-0.39, 0.29) is 36.7 Å². The second-order valence-corrected chi connectivity index (χ2v) is 27.1. The first kappa shape index (κ1) is 62.9. The standard InChI is InChI=1S/C57H90O24/c1-23-35(64)36(65)37(66)48(73-23)79-43-31(62)21-72-47(40(43)69)78-42-25(3)74-49(44(39(42)68)77-27(5)60)80-45-38(67)41(76-26(4)59)24(2)75-50(45)81-51(71)57-17-16-52(6,7)18-29(57)28-12-13-33-53(8)19-30(61)46(70)54(9,22-58)32(53)14-15-55(33,10)56(28,11)20-34(57)63/h12,23-25,29-50,58,61-70H,13-22H2,1-11H3. The van der Waals surface area contributed by atoms with Gasteiger partial charge in [-0.05, 0) is 112 Å². The number of aliphatic hydroxyl groups excluding tert-OH is 11. The van der Waals surface area contributed by atoms with Crippen LogP contribution in [0.15, 0.2) is 11.6 Å². The quantitative estimate of drug-likeness (QED) is 0.0721. The molecule has 30 unspecified atom stereocenters. The van der Waals surface area contributed by atoms with Crippen LogP contribution in [0.1, 0.15) is 128 Å². The van der Waals surface area contributed by atoms with Crippen LogP contribution < -0.4 is 0 Å². The summed E-state index contributed by atoms with van der Waals surface area (Å²) in [6.45, 7) is 18.4. The van der Waals surface area contributed by atoms with Crippen molar-refractivity contribution in [1.82, 2.24) is 0 Å². The van der Waals surface area contributed by atoms with Crippen molar-refractivity contribution in [2.75, 3.05) is 13.2 Å². The minimum Gasteiger partial charge on any atom is -0.457 e. The van der Waals surface area contributed by atoms with Gasteiger partial charge >= 0.3 is 17.9 Å². The summed E-state index contributed by atoms with van der Waals surface area (Å²) in [5.74, 6) is -3.24. The normalized spacial score (nSPS) is 53.3. The molecule has 24 nitrogen and oxygen atoms in total. The molecule has 462 valence electrons. The molecule has 30 atom stereocenters. The van der Waals surface area contributed by atoms with Crippen LogP contribution in [0.5, 0.6) is 0 Å². The number of aliphatic hydroxyl groups is 11. The Labute approximate surface area is 472 Å². The fraction of sp³-hybridized carbons (Fsp3) is 0.912. The predicted molar refractivity (Wildman–Crippen MR) is 276 cm³/mol. The number of fused-ring (bicyclic) bond motifs is 7. The Morgan fingerprint density at radius 3 is 1.83 bits per heavy atom. The molecular weight excluding hydrogens is 1070 g/mol. The molecule has 0 aromatic carbocycles. The molecule has 0 aromatic heterocycles. The van der Waals surface area contributed by atoms with E-state index in [1.165, 1.54) is 20.8 Å². The minimum atomic E-state index is -1.87. The Bertz CT molecular complexity index is 2340. The molecule has 0 spiro atoms. The summed E-state index contributed by atoms with van der Waals surface area (Å²) in [4.78, 5) is 41.0. The maximum absolute atomic E-state index is 15.6. The number of allylic oxidation sites excluding steroid dienone is 2. The van der Waals surface area contributed by atoms with Gasteiger partial charge in [-0.1, -0.05) is 53.2 Å². The molecule has 0 amide bonds. The van der Waals surface area contributed by atoms with Crippen molar-refractivity contribution < 1.29 is 118 Å². The fourth-order valence-electron chi connectivity index (χ4n) is 16.9. The SMILES string of the molecule is CC(=O)OC1C(C)OC(OC(=O)C23CCC(C)(C)CC2C2=CCC4C5(C)CC(O)C(O)C(C)(CO)C5CCC4(C)C2(C)CC3O)C(OC2OC(C)C(OC3OCC(O)C(OC4OC(C)C(O)C(O)C4O)C3O)C(O)C2OC(C)=O)C1O. The highest BCUT2D eigenvalue weighted by atomic mass is 16.8. The Hall–Kier alpha value is -2.57. The van der Waals surface area contributed by atoms with Gasteiger partial charge in [-0.25, -0.2) is 0 Å². The highest BCUT2D eigenvalue weighted by molar-refractivity contribution is 5.80. The van der Waals surface area contributed by atoms with E-state index >= 15 is 4.79 Å². The summed E-state index contributed by atoms with van der Waals surface area (Å²) in [6, 6.07) is 0. The average molecular weight is 1160 g/mol. The molecule has 9 rings (SSSR count). The van der Waals surface area contributed by atoms with Crippen LogP contribution in [0.2, 0.25) is 0 Å². The van der Waals surface area contributed by atoms with Crippen molar-refractivity contribution in [3.8, 4) is 0 Å². The van der Waals surface area contributed by atoms with Crippen molar-refractivity contribution in [3.05, 3.63) is 11.6 Å². The Balaban J connectivity index is 0.985. The summed E-state index contributed by atoms with van der Waals surface area (Å²) in [5.41, 5.74) is -3.39. The van der Waals surface area contributed by atoms with E-state index in [0.717, 1.165) is 19.4 Å². The van der Waals surface area contributed by atoms with Gasteiger partial charge in [-0.2, -0.15) is 0 Å². The van der Waals surface area contributed by atoms with E-state index in [0.29, 0.717) is 38.5 Å². The lowest BCUT2D eigenvalue weighted by molar-refractivity contribution is -0.380. The van der Waals surface area contributed by atoms with E-state index in [2.05, 4.69) is 40.7 Å². The number of carbonyl (C=O) groups is 3. The molecule has 4 aliphatic heterocycles. The largest absolute Gasteiger partial charge is 0.457 e. The van der Waals surface area contributed by atoms with E-state index in [1.54, 1.807) is 0 Å². The third kappa shape index (κ3) is 10.4. The number of carbonyl (C=O) groups excluding carboxylic acids is 3. The van der Waals surface area contributed by atoms with E-state index in [1.807, 2.05) is 6.92 Å². The molecule has 0 bridgehead atoms.